The fourth-order valence-corrected chi connectivity index (χ4v) is 7.31. The molecule has 210 valence electrons. The number of rotatable bonds is 10. The van der Waals surface area contributed by atoms with Crippen molar-refractivity contribution in [3.8, 4) is 0 Å². The van der Waals surface area contributed by atoms with Gasteiger partial charge in [0.05, 0.1) is 31.8 Å². The van der Waals surface area contributed by atoms with E-state index in [1.807, 2.05) is 13.8 Å². The number of carbonyl (C=O) groups is 1. The van der Waals surface area contributed by atoms with Crippen molar-refractivity contribution in [1.82, 2.24) is 0 Å². The third-order valence-electron chi connectivity index (χ3n) is 9.40. The van der Waals surface area contributed by atoms with Crippen molar-refractivity contribution in [3.05, 3.63) is 35.5 Å². The van der Waals surface area contributed by atoms with Crippen molar-refractivity contribution >= 4 is 5.97 Å². The minimum absolute atomic E-state index is 0.0763. The van der Waals surface area contributed by atoms with Gasteiger partial charge >= 0.3 is 5.97 Å². The van der Waals surface area contributed by atoms with Gasteiger partial charge < -0.3 is 24.8 Å². The summed E-state index contributed by atoms with van der Waals surface area (Å²) < 4.78 is 10.2. The zero-order valence-electron chi connectivity index (χ0n) is 23.7. The summed E-state index contributed by atoms with van der Waals surface area (Å²) in [6.07, 6.45) is 11.2. The lowest BCUT2D eigenvalue weighted by molar-refractivity contribution is -0.145. The molecule has 0 aromatic rings. The van der Waals surface area contributed by atoms with Crippen LogP contribution in [0, 0.1) is 23.2 Å². The van der Waals surface area contributed by atoms with Gasteiger partial charge in [-0.25, -0.2) is 0 Å². The Morgan fingerprint density at radius 3 is 2.68 bits per heavy atom. The molecule has 3 aliphatic carbocycles. The van der Waals surface area contributed by atoms with Gasteiger partial charge in [-0.15, -0.1) is 0 Å². The van der Waals surface area contributed by atoms with Crippen LogP contribution in [0.3, 0.4) is 0 Å². The molecule has 3 N–H and O–H groups in total. The molecule has 0 aliphatic heterocycles. The Labute approximate surface area is 223 Å². The third kappa shape index (κ3) is 7.35. The van der Waals surface area contributed by atoms with Gasteiger partial charge in [-0.2, -0.15) is 0 Å². The average Bonchev–Trinajstić information content (AvgIpc) is 3.19. The third-order valence-corrected chi connectivity index (χ3v) is 9.40. The largest absolute Gasteiger partial charge is 0.469 e. The molecule has 3 aliphatic rings. The van der Waals surface area contributed by atoms with Gasteiger partial charge in [-0.3, -0.25) is 4.79 Å². The second-order valence-electron chi connectivity index (χ2n) is 12.6. The molecule has 6 nitrogen and oxygen atoms in total. The van der Waals surface area contributed by atoms with Gasteiger partial charge in [0.15, 0.2) is 0 Å². The number of aliphatic hydroxyl groups is 3. The predicted molar refractivity (Wildman–Crippen MR) is 146 cm³/mol. The molecule has 0 spiro atoms. The Hall–Kier alpha value is -1.47. The second-order valence-corrected chi connectivity index (χ2v) is 12.6. The summed E-state index contributed by atoms with van der Waals surface area (Å²) in [6, 6.07) is 0. The Kier molecular flexibility index (Phi) is 10.2. The van der Waals surface area contributed by atoms with Gasteiger partial charge in [-0.05, 0) is 86.7 Å². The highest BCUT2D eigenvalue weighted by Gasteiger charge is 2.50. The summed E-state index contributed by atoms with van der Waals surface area (Å²) in [6.45, 7) is 12.9. The van der Waals surface area contributed by atoms with Crippen LogP contribution in [0.5, 0.6) is 0 Å². The average molecular weight is 519 g/mol. The van der Waals surface area contributed by atoms with Crippen molar-refractivity contribution in [1.29, 1.82) is 0 Å². The van der Waals surface area contributed by atoms with E-state index >= 15 is 0 Å². The van der Waals surface area contributed by atoms with Gasteiger partial charge in [0, 0.05) is 6.42 Å². The van der Waals surface area contributed by atoms with E-state index in [-0.39, 0.29) is 19.0 Å². The molecular formula is C31H50O6. The van der Waals surface area contributed by atoms with Crippen LogP contribution >= 0.6 is 0 Å². The van der Waals surface area contributed by atoms with Crippen LogP contribution in [-0.2, 0) is 14.3 Å². The van der Waals surface area contributed by atoms with Crippen LogP contribution in [0.1, 0.15) is 91.9 Å². The van der Waals surface area contributed by atoms with Gasteiger partial charge in [0.1, 0.15) is 12.2 Å². The van der Waals surface area contributed by atoms with E-state index in [0.717, 1.165) is 24.8 Å². The van der Waals surface area contributed by atoms with Crippen molar-refractivity contribution in [2.45, 2.75) is 116 Å². The summed E-state index contributed by atoms with van der Waals surface area (Å²) in [5, 5.41) is 31.5. The van der Waals surface area contributed by atoms with Crippen molar-refractivity contribution in [2.24, 2.45) is 23.2 Å². The highest BCUT2D eigenvalue weighted by molar-refractivity contribution is 5.69. The van der Waals surface area contributed by atoms with Gasteiger partial charge in [0.2, 0.25) is 0 Å². The van der Waals surface area contributed by atoms with Crippen LogP contribution in [0.15, 0.2) is 35.5 Å². The normalized spacial score (nSPS) is 35.6. The molecule has 0 heterocycles. The first-order valence-corrected chi connectivity index (χ1v) is 14.2. The number of carbonyl (C=O) groups excluding carboxylic acids is 1. The van der Waals surface area contributed by atoms with Crippen LogP contribution < -0.4 is 0 Å². The highest BCUT2D eigenvalue weighted by Crippen LogP contribution is 2.60. The highest BCUT2D eigenvalue weighted by atomic mass is 16.5. The van der Waals surface area contributed by atoms with Crippen molar-refractivity contribution in [2.75, 3.05) is 13.7 Å². The number of allylic oxidation sites excluding steroid dienone is 3. The Balaban J connectivity index is 1.65. The summed E-state index contributed by atoms with van der Waals surface area (Å²) >= 11 is 0. The second kappa shape index (κ2) is 12.6. The lowest BCUT2D eigenvalue weighted by Gasteiger charge is -2.44. The molecule has 0 aromatic heterocycles. The maximum Gasteiger partial charge on any atom is 0.307 e. The van der Waals surface area contributed by atoms with Gasteiger partial charge in [-0.1, -0.05) is 51.0 Å². The van der Waals surface area contributed by atoms with Crippen molar-refractivity contribution < 1.29 is 29.6 Å². The van der Waals surface area contributed by atoms with E-state index in [0.29, 0.717) is 35.2 Å². The molecule has 6 heteroatoms. The van der Waals surface area contributed by atoms with E-state index in [9.17, 15) is 20.1 Å². The molecule has 0 bridgehead atoms. The number of aliphatic hydroxyl groups excluding tert-OH is 2. The van der Waals surface area contributed by atoms with E-state index < -0.39 is 23.9 Å². The predicted octanol–water partition coefficient (Wildman–Crippen LogP) is 5.26. The fourth-order valence-electron chi connectivity index (χ4n) is 7.31. The first-order chi connectivity index (χ1) is 17.4. The quantitative estimate of drug-likeness (QED) is 0.341. The zero-order chi connectivity index (χ0) is 27.4. The van der Waals surface area contributed by atoms with Crippen molar-refractivity contribution in [3.63, 3.8) is 0 Å². The lowest BCUT2D eigenvalue weighted by atomic mass is 9.60. The Morgan fingerprint density at radius 1 is 1.27 bits per heavy atom. The molecule has 3 fully saturated rings. The molecule has 0 aromatic carbocycles. The summed E-state index contributed by atoms with van der Waals surface area (Å²) in [5.74, 6) is 1.53. The van der Waals surface area contributed by atoms with E-state index in [4.69, 9.17) is 4.74 Å². The number of hydrogen-bond acceptors (Lipinski definition) is 6. The van der Waals surface area contributed by atoms with Crippen LogP contribution in [0.25, 0.3) is 0 Å². The SMILES string of the molecule is C=C1/C(=C/C=C2/CCC[C@]3(C)[C@@H]([C@H](C)CCCC(C)(C)O)CC[C@@H]23)C[C@@H](O)[C@@H](OCCC(=O)OC)[C@@H]1O. The molecule has 37 heavy (non-hydrogen) atoms. The minimum Gasteiger partial charge on any atom is -0.469 e. The number of esters is 1. The Morgan fingerprint density at radius 2 is 2.00 bits per heavy atom. The van der Waals surface area contributed by atoms with Gasteiger partial charge in [0.25, 0.3) is 0 Å². The zero-order valence-corrected chi connectivity index (χ0v) is 23.7. The molecular weight excluding hydrogens is 468 g/mol. The molecule has 0 radical (unpaired) electrons. The topological polar surface area (TPSA) is 96.2 Å². The maximum atomic E-state index is 11.3. The summed E-state index contributed by atoms with van der Waals surface area (Å²) in [7, 11) is 1.32. The maximum absolute atomic E-state index is 11.3. The van der Waals surface area contributed by atoms with E-state index in [1.165, 1.54) is 44.8 Å². The van der Waals surface area contributed by atoms with Crippen LogP contribution in [0.2, 0.25) is 0 Å². The number of fused-ring (bicyclic) bond motifs is 1. The number of methoxy groups -OCH3 is 1. The molecule has 3 saturated carbocycles. The Bertz CT molecular complexity index is 867. The first-order valence-electron chi connectivity index (χ1n) is 14.2. The standard InChI is InChI=1S/C31H50O6/c1-20(9-7-16-30(3,4)35)24-13-14-25-22(10-8-17-31(24,25)5)11-12-23-19-26(32)29(28(34)21(23)2)37-18-15-27(33)36-6/h11-12,20,24-26,28-29,32,34-35H,2,7-10,13-19H2,1,3-6H3/b22-11-,23-12+/t20-,24-,25+,26-,28-,29-,31-/m1/s1. The molecule has 0 amide bonds. The van der Waals surface area contributed by atoms with E-state index in [2.05, 4.69) is 37.3 Å². The first kappa shape index (κ1) is 30.1. The molecule has 7 atom stereocenters. The molecule has 0 saturated heterocycles. The van der Waals surface area contributed by atoms with E-state index in [1.54, 1.807) is 0 Å². The lowest BCUT2D eigenvalue weighted by Crippen LogP contribution is -2.45. The minimum atomic E-state index is -1.01. The molecule has 0 unspecified atom stereocenters. The smallest absolute Gasteiger partial charge is 0.307 e. The number of ether oxygens (including phenoxy) is 2. The molecule has 3 rings (SSSR count). The summed E-state index contributed by atoms with van der Waals surface area (Å²) in [4.78, 5) is 11.3. The van der Waals surface area contributed by atoms with Crippen LogP contribution in [-0.4, -0.2) is 58.9 Å². The van der Waals surface area contributed by atoms with Crippen LogP contribution in [0.4, 0.5) is 0 Å². The fraction of sp³-hybridized carbons (Fsp3) is 0.774. The monoisotopic (exact) mass is 518 g/mol. The summed E-state index contributed by atoms with van der Waals surface area (Å²) in [5.41, 5.74) is 2.64. The number of hydrogen-bond donors (Lipinski definition) is 3.